The molecule has 0 spiro atoms. The van der Waals surface area contributed by atoms with E-state index in [4.69, 9.17) is 17.3 Å². The van der Waals surface area contributed by atoms with E-state index < -0.39 is 10.0 Å². The molecule has 7 heteroatoms. The van der Waals surface area contributed by atoms with Gasteiger partial charge in [-0.15, -0.1) is 0 Å². The lowest BCUT2D eigenvalue weighted by atomic mass is 10.2. The average Bonchev–Trinajstić information content (AvgIpc) is 2.88. The Hall–Kier alpha value is -1.08. The maximum Gasteiger partial charge on any atom is 0.243 e. The number of hydrogen-bond donors (Lipinski definition) is 1. The third-order valence-corrected chi connectivity index (χ3v) is 5.98. The van der Waals surface area contributed by atoms with Crippen LogP contribution in [0.3, 0.4) is 0 Å². The number of benzene rings is 1. The van der Waals surface area contributed by atoms with Crippen molar-refractivity contribution in [3.8, 4) is 0 Å². The summed E-state index contributed by atoms with van der Waals surface area (Å²) in [6.07, 6.45) is 0. The highest BCUT2D eigenvalue weighted by Crippen LogP contribution is 2.28. The molecule has 1 aromatic carbocycles. The molecule has 0 aliphatic carbocycles. The van der Waals surface area contributed by atoms with E-state index in [9.17, 15) is 8.42 Å². The van der Waals surface area contributed by atoms with Crippen molar-refractivity contribution in [2.24, 2.45) is 0 Å². The van der Waals surface area contributed by atoms with Gasteiger partial charge in [-0.1, -0.05) is 11.6 Å². The molecule has 0 fully saturated rings. The first-order chi connectivity index (χ1) is 9.32. The maximum atomic E-state index is 12.5. The van der Waals surface area contributed by atoms with Gasteiger partial charge in [0, 0.05) is 13.6 Å². The van der Waals surface area contributed by atoms with E-state index in [2.05, 4.69) is 0 Å². The van der Waals surface area contributed by atoms with Gasteiger partial charge in [-0.3, -0.25) is 0 Å². The van der Waals surface area contributed by atoms with E-state index in [0.29, 0.717) is 17.1 Å². The van der Waals surface area contributed by atoms with Crippen molar-refractivity contribution in [1.29, 1.82) is 0 Å². The third kappa shape index (κ3) is 2.98. The van der Waals surface area contributed by atoms with Crippen LogP contribution in [0.25, 0.3) is 0 Å². The SMILES string of the molecule is Cc1cc(S(=O)(=O)N(C)Cc2ccsc2)cc(N)c1Cl. The number of anilines is 1. The smallest absolute Gasteiger partial charge is 0.243 e. The number of sulfonamides is 1. The molecule has 0 radical (unpaired) electrons. The van der Waals surface area contributed by atoms with Crippen molar-refractivity contribution in [2.45, 2.75) is 18.4 Å². The minimum absolute atomic E-state index is 0.162. The Bertz CT molecular complexity index is 689. The summed E-state index contributed by atoms with van der Waals surface area (Å²) in [6.45, 7) is 2.06. The van der Waals surface area contributed by atoms with Crippen molar-refractivity contribution in [1.82, 2.24) is 4.31 Å². The lowest BCUT2D eigenvalue weighted by Crippen LogP contribution is -2.26. The molecule has 0 saturated heterocycles. The van der Waals surface area contributed by atoms with Crippen LogP contribution in [-0.2, 0) is 16.6 Å². The summed E-state index contributed by atoms with van der Waals surface area (Å²) in [5, 5.41) is 4.23. The molecule has 2 rings (SSSR count). The number of nitrogens with two attached hydrogens (primary N) is 1. The van der Waals surface area contributed by atoms with Crippen LogP contribution in [0.2, 0.25) is 5.02 Å². The fourth-order valence-electron chi connectivity index (χ4n) is 1.82. The molecule has 0 saturated carbocycles. The van der Waals surface area contributed by atoms with Crippen molar-refractivity contribution >= 4 is 38.6 Å². The molecule has 2 aromatic rings. The van der Waals surface area contributed by atoms with Gasteiger partial charge in [-0.25, -0.2) is 8.42 Å². The van der Waals surface area contributed by atoms with Gasteiger partial charge in [-0.05, 0) is 47.0 Å². The highest BCUT2D eigenvalue weighted by atomic mass is 35.5. The number of hydrogen-bond acceptors (Lipinski definition) is 4. The fraction of sp³-hybridized carbons (Fsp3) is 0.231. The zero-order chi connectivity index (χ0) is 14.9. The van der Waals surface area contributed by atoms with Crippen LogP contribution < -0.4 is 5.73 Å². The van der Waals surface area contributed by atoms with Gasteiger partial charge in [0.1, 0.15) is 0 Å². The predicted octanol–water partition coefficient (Wildman–Crippen LogP) is 3.11. The Labute approximate surface area is 127 Å². The number of rotatable bonds is 4. The van der Waals surface area contributed by atoms with E-state index in [0.717, 1.165) is 5.56 Å². The molecule has 1 aromatic heterocycles. The van der Waals surface area contributed by atoms with E-state index in [1.807, 2.05) is 16.8 Å². The van der Waals surface area contributed by atoms with Gasteiger partial charge in [0.15, 0.2) is 0 Å². The molecule has 0 bridgehead atoms. The molecular weight excluding hydrogens is 316 g/mol. The van der Waals surface area contributed by atoms with Crippen LogP contribution in [0.1, 0.15) is 11.1 Å². The quantitative estimate of drug-likeness (QED) is 0.876. The average molecular weight is 331 g/mol. The summed E-state index contributed by atoms with van der Waals surface area (Å²) in [5.41, 5.74) is 7.62. The van der Waals surface area contributed by atoms with Gasteiger partial charge in [0.25, 0.3) is 0 Å². The van der Waals surface area contributed by atoms with Crippen LogP contribution in [0.4, 0.5) is 5.69 Å². The van der Waals surface area contributed by atoms with Gasteiger partial charge >= 0.3 is 0 Å². The Morgan fingerprint density at radius 1 is 1.40 bits per heavy atom. The minimum atomic E-state index is -3.58. The summed E-state index contributed by atoms with van der Waals surface area (Å²) >= 11 is 7.50. The normalized spacial score (nSPS) is 12.0. The largest absolute Gasteiger partial charge is 0.397 e. The zero-order valence-corrected chi connectivity index (χ0v) is 13.5. The minimum Gasteiger partial charge on any atom is -0.397 e. The van der Waals surface area contributed by atoms with Crippen LogP contribution >= 0.6 is 22.9 Å². The first-order valence-electron chi connectivity index (χ1n) is 5.85. The molecular formula is C13H15ClN2O2S2. The summed E-state index contributed by atoms with van der Waals surface area (Å²) in [7, 11) is -2.03. The van der Waals surface area contributed by atoms with Crippen LogP contribution in [0.15, 0.2) is 33.9 Å². The first kappa shape index (κ1) is 15.3. The monoisotopic (exact) mass is 330 g/mol. The first-order valence-corrected chi connectivity index (χ1v) is 8.61. The second-order valence-electron chi connectivity index (χ2n) is 4.54. The summed E-state index contributed by atoms with van der Waals surface area (Å²) < 4.78 is 26.3. The Kier molecular flexibility index (Phi) is 4.39. The number of nitrogen functional groups attached to an aromatic ring is 1. The van der Waals surface area contributed by atoms with E-state index in [1.54, 1.807) is 14.0 Å². The Morgan fingerprint density at radius 2 is 2.10 bits per heavy atom. The van der Waals surface area contributed by atoms with Gasteiger partial charge in [0.05, 0.1) is 15.6 Å². The maximum absolute atomic E-state index is 12.5. The standard InChI is InChI=1S/C13H15ClN2O2S2/c1-9-5-11(6-12(15)13(9)14)20(17,18)16(2)7-10-3-4-19-8-10/h3-6,8H,7,15H2,1-2H3. The number of thiophene rings is 1. The summed E-state index contributed by atoms with van der Waals surface area (Å²) in [5.74, 6) is 0. The molecule has 108 valence electrons. The zero-order valence-electron chi connectivity index (χ0n) is 11.1. The van der Waals surface area contributed by atoms with Crippen LogP contribution in [0.5, 0.6) is 0 Å². The van der Waals surface area contributed by atoms with Crippen molar-refractivity contribution in [3.05, 3.63) is 45.1 Å². The van der Waals surface area contributed by atoms with E-state index in [-0.39, 0.29) is 10.6 Å². The van der Waals surface area contributed by atoms with Crippen molar-refractivity contribution in [2.75, 3.05) is 12.8 Å². The second-order valence-corrected chi connectivity index (χ2v) is 7.74. The highest BCUT2D eigenvalue weighted by Gasteiger charge is 2.22. The molecule has 0 unspecified atom stereocenters. The highest BCUT2D eigenvalue weighted by molar-refractivity contribution is 7.89. The molecule has 2 N–H and O–H groups in total. The third-order valence-electron chi connectivity index (χ3n) is 2.95. The van der Waals surface area contributed by atoms with Crippen LogP contribution in [-0.4, -0.2) is 19.8 Å². The van der Waals surface area contributed by atoms with Crippen molar-refractivity contribution in [3.63, 3.8) is 0 Å². The lowest BCUT2D eigenvalue weighted by molar-refractivity contribution is 0.467. The van der Waals surface area contributed by atoms with E-state index >= 15 is 0 Å². The lowest BCUT2D eigenvalue weighted by Gasteiger charge is -2.17. The van der Waals surface area contributed by atoms with Gasteiger partial charge in [0.2, 0.25) is 10.0 Å². The van der Waals surface area contributed by atoms with Crippen molar-refractivity contribution < 1.29 is 8.42 Å². The molecule has 20 heavy (non-hydrogen) atoms. The molecule has 0 aliphatic rings. The van der Waals surface area contributed by atoms with Gasteiger partial charge < -0.3 is 5.73 Å². The molecule has 4 nitrogen and oxygen atoms in total. The predicted molar refractivity (Wildman–Crippen MR) is 83.6 cm³/mol. The number of halogens is 1. The van der Waals surface area contributed by atoms with E-state index in [1.165, 1.54) is 27.8 Å². The Balaban J connectivity index is 2.35. The summed E-state index contributed by atoms with van der Waals surface area (Å²) in [4.78, 5) is 0.162. The topological polar surface area (TPSA) is 63.4 Å². The van der Waals surface area contributed by atoms with Crippen LogP contribution in [0, 0.1) is 6.92 Å². The molecule has 0 aliphatic heterocycles. The summed E-state index contributed by atoms with van der Waals surface area (Å²) in [6, 6.07) is 4.84. The number of aryl methyl sites for hydroxylation is 1. The fourth-order valence-corrected chi connectivity index (χ4v) is 3.87. The second kappa shape index (κ2) is 5.73. The molecule has 1 heterocycles. The molecule has 0 amide bonds. The molecule has 0 atom stereocenters. The number of nitrogens with zero attached hydrogens (tertiary/aromatic N) is 1. The Morgan fingerprint density at radius 3 is 2.65 bits per heavy atom. The van der Waals surface area contributed by atoms with Gasteiger partial charge in [-0.2, -0.15) is 15.6 Å².